The molecule has 0 aromatic carbocycles. The molecule has 0 saturated carbocycles. The van der Waals surface area contributed by atoms with Crippen molar-refractivity contribution >= 4 is 0 Å². The van der Waals surface area contributed by atoms with E-state index in [1.807, 2.05) is 36.4 Å². The first-order valence-electron chi connectivity index (χ1n) is 5.86. The molecule has 0 radical (unpaired) electrons. The van der Waals surface area contributed by atoms with Crippen molar-refractivity contribution in [2.24, 2.45) is 11.5 Å². The predicted octanol–water partition coefficient (Wildman–Crippen LogP) is 2.81. The molecule has 0 spiro atoms. The molecule has 2 aromatic heterocycles. The van der Waals surface area contributed by atoms with Crippen LogP contribution < -0.4 is 11.5 Å². The Hall–Kier alpha value is -2.67. The minimum absolute atomic E-state index is 0. The topological polar surface area (TPSA) is 195 Å². The van der Waals surface area contributed by atoms with Crippen LogP contribution in [0.15, 0.2) is 48.8 Å². The summed E-state index contributed by atoms with van der Waals surface area (Å²) in [6.45, 7) is 1.06. The fourth-order valence-corrected chi connectivity index (χ4v) is 1.04. The first-order valence-corrected chi connectivity index (χ1v) is 5.86. The van der Waals surface area contributed by atoms with Crippen molar-refractivity contribution in [3.05, 3.63) is 92.1 Å². The second kappa shape index (κ2) is 21.6. The second-order valence-electron chi connectivity index (χ2n) is 3.23. The average Bonchev–Trinajstić information content (AvgIpc) is 2.58. The molecule has 11 heteroatoms. The third kappa shape index (κ3) is 19.3. The first-order chi connectivity index (χ1) is 10.7. The molecule has 0 aliphatic rings. The molecule has 124 valence electrons. The van der Waals surface area contributed by atoms with Crippen LogP contribution in [0.1, 0.15) is 11.4 Å². The van der Waals surface area contributed by atoms with E-state index in [4.69, 9.17) is 33.6 Å². The fraction of sp³-hybridized carbons (Fsp3) is 0.167. The van der Waals surface area contributed by atoms with E-state index in [2.05, 4.69) is 9.97 Å². The number of nitrogens with zero attached hydrogens (tertiary/aromatic N) is 8. The minimum Gasteiger partial charge on any atom is -0.373 e. The molecule has 2 heterocycles. The summed E-state index contributed by atoms with van der Waals surface area (Å²) in [6, 6.07) is 11.4. The van der Waals surface area contributed by atoms with Gasteiger partial charge in [0, 0.05) is 25.5 Å². The maximum absolute atomic E-state index is 6.75. The van der Waals surface area contributed by atoms with Gasteiger partial charge in [0.2, 0.25) is 0 Å². The van der Waals surface area contributed by atoms with Crippen molar-refractivity contribution in [3.8, 4) is 0 Å². The van der Waals surface area contributed by atoms with Crippen LogP contribution >= 0.6 is 0 Å². The van der Waals surface area contributed by atoms with Crippen LogP contribution in [-0.2, 0) is 29.6 Å². The van der Waals surface area contributed by atoms with Gasteiger partial charge in [-0.2, -0.15) is 0 Å². The van der Waals surface area contributed by atoms with E-state index >= 15 is 0 Å². The van der Waals surface area contributed by atoms with Crippen LogP contribution in [-0.4, -0.2) is 9.97 Å². The van der Waals surface area contributed by atoms with Gasteiger partial charge in [0.25, 0.3) is 0 Å². The third-order valence-electron chi connectivity index (χ3n) is 1.87. The number of pyridine rings is 2. The molecule has 0 bridgehead atoms. The van der Waals surface area contributed by atoms with E-state index in [1.165, 1.54) is 9.82 Å². The van der Waals surface area contributed by atoms with Crippen molar-refractivity contribution < 1.29 is 16.5 Å². The van der Waals surface area contributed by atoms with E-state index in [-0.39, 0.29) is 16.5 Å². The van der Waals surface area contributed by atoms with Crippen molar-refractivity contribution in [2.75, 3.05) is 0 Å². The van der Waals surface area contributed by atoms with Crippen LogP contribution in [0.2, 0.25) is 0 Å². The Bertz CT molecular complexity index is 485. The molecule has 10 nitrogen and oxygen atoms in total. The van der Waals surface area contributed by atoms with Gasteiger partial charge in [0.1, 0.15) is 0 Å². The molecular weight excluding hydrogens is 343 g/mol. The Kier molecular flexibility index (Phi) is 23.8. The standard InChI is InChI=1S/2C6H8N2.2N3.Ni/c2*7-5-6-3-1-2-4-8-6;2*1-3-2;/h2*1-4H,5,7H2;;;/q;;2*-1;+2. The van der Waals surface area contributed by atoms with Crippen molar-refractivity contribution in [1.82, 2.24) is 9.97 Å². The van der Waals surface area contributed by atoms with Crippen LogP contribution in [0, 0.1) is 0 Å². The molecule has 0 aliphatic heterocycles. The summed E-state index contributed by atoms with van der Waals surface area (Å²) in [7, 11) is 0. The van der Waals surface area contributed by atoms with Crippen molar-refractivity contribution in [1.29, 1.82) is 0 Å². The molecule has 2 rings (SSSR count). The normalized spacial score (nSPS) is 7.04. The molecule has 0 fully saturated rings. The summed E-state index contributed by atoms with van der Waals surface area (Å²) in [5.74, 6) is 0. The Morgan fingerprint density at radius 1 is 0.739 bits per heavy atom. The van der Waals surface area contributed by atoms with E-state index in [1.54, 1.807) is 12.4 Å². The van der Waals surface area contributed by atoms with Gasteiger partial charge in [-0.15, -0.1) is 0 Å². The van der Waals surface area contributed by atoms with Crippen LogP contribution in [0.3, 0.4) is 0 Å². The predicted molar refractivity (Wildman–Crippen MR) is 84.4 cm³/mol. The van der Waals surface area contributed by atoms with Crippen molar-refractivity contribution in [2.45, 2.75) is 13.1 Å². The molecule has 2 aromatic rings. The number of rotatable bonds is 2. The maximum Gasteiger partial charge on any atom is 2.00 e. The van der Waals surface area contributed by atoms with Gasteiger partial charge in [-0.1, -0.05) is 12.1 Å². The van der Waals surface area contributed by atoms with Crippen LogP contribution in [0.25, 0.3) is 31.9 Å². The van der Waals surface area contributed by atoms with E-state index in [9.17, 15) is 0 Å². The summed E-state index contributed by atoms with van der Waals surface area (Å²) in [6.07, 6.45) is 3.48. The third-order valence-corrected chi connectivity index (χ3v) is 1.87. The monoisotopic (exact) mass is 358 g/mol. The van der Waals surface area contributed by atoms with Gasteiger partial charge >= 0.3 is 16.5 Å². The first kappa shape index (κ1) is 25.3. The maximum atomic E-state index is 6.75. The summed E-state index contributed by atoms with van der Waals surface area (Å²) < 4.78 is 0. The zero-order valence-electron chi connectivity index (χ0n) is 12.1. The number of hydrogen-bond acceptors (Lipinski definition) is 4. The summed E-state index contributed by atoms with van der Waals surface area (Å²) in [5.41, 5.74) is 39.4. The van der Waals surface area contributed by atoms with Gasteiger partial charge in [-0.25, -0.2) is 0 Å². The van der Waals surface area contributed by atoms with Gasteiger partial charge in [0.15, 0.2) is 0 Å². The molecule has 23 heavy (non-hydrogen) atoms. The smallest absolute Gasteiger partial charge is 0.373 e. The van der Waals surface area contributed by atoms with Gasteiger partial charge in [-0.05, 0) is 24.3 Å². The molecule has 0 saturated heterocycles. The molecule has 0 amide bonds. The van der Waals surface area contributed by atoms with Gasteiger partial charge in [0.05, 0.1) is 11.4 Å². The zero-order valence-corrected chi connectivity index (χ0v) is 13.1. The molecule has 0 atom stereocenters. The van der Waals surface area contributed by atoms with Gasteiger partial charge < -0.3 is 33.6 Å². The average molecular weight is 359 g/mol. The molecule has 0 aliphatic carbocycles. The molecule has 4 N–H and O–H groups in total. The SMILES string of the molecule is NCc1ccccn1.NCc1ccccn1.[N-]=[N+]=[N-].[N-]=[N+]=[N-].[Ni+2]. The van der Waals surface area contributed by atoms with Crippen molar-refractivity contribution in [3.63, 3.8) is 0 Å². The fourth-order valence-electron chi connectivity index (χ4n) is 1.04. The second-order valence-corrected chi connectivity index (χ2v) is 3.23. The number of aromatic nitrogens is 2. The zero-order chi connectivity index (χ0) is 17.1. The Morgan fingerprint density at radius 2 is 1.04 bits per heavy atom. The quantitative estimate of drug-likeness (QED) is 0.360. The largest absolute Gasteiger partial charge is 2.00 e. The molecule has 0 unspecified atom stereocenters. The number of hydrogen-bond donors (Lipinski definition) is 2. The van der Waals surface area contributed by atoms with Crippen LogP contribution in [0.5, 0.6) is 0 Å². The number of nitrogens with two attached hydrogens (primary N) is 2. The summed E-state index contributed by atoms with van der Waals surface area (Å²) >= 11 is 0. The minimum atomic E-state index is 0. The Labute approximate surface area is 143 Å². The van der Waals surface area contributed by atoms with Gasteiger partial charge in [-0.3, -0.25) is 19.8 Å². The summed E-state index contributed by atoms with van der Waals surface area (Å²) in [4.78, 5) is 10.9. The van der Waals surface area contributed by atoms with E-state index < -0.39 is 0 Å². The molecular formula is C12H16N10Ni. The Morgan fingerprint density at radius 3 is 1.17 bits per heavy atom. The summed E-state index contributed by atoms with van der Waals surface area (Å²) in [5, 5.41) is 0. The van der Waals surface area contributed by atoms with E-state index in [0.717, 1.165) is 11.4 Å². The van der Waals surface area contributed by atoms with E-state index in [0.29, 0.717) is 13.1 Å². The Balaban J connectivity index is -0.000000253. The van der Waals surface area contributed by atoms with Crippen LogP contribution in [0.4, 0.5) is 0 Å².